The van der Waals surface area contributed by atoms with Crippen LogP contribution in [0.4, 0.5) is 0 Å². The number of hydrogen-bond acceptors (Lipinski definition) is 8. The summed E-state index contributed by atoms with van der Waals surface area (Å²) in [6, 6.07) is 2.30. The molecular weight excluding hydrogens is 432 g/mol. The number of carbonyl (C=O) groups excluding carboxylic acids is 1. The van der Waals surface area contributed by atoms with Gasteiger partial charge in [-0.15, -0.1) is 18.2 Å². The van der Waals surface area contributed by atoms with Crippen LogP contribution in [0, 0.1) is 12.3 Å². The number of terminal acetylenes is 1. The fourth-order valence-corrected chi connectivity index (χ4v) is 4.01. The number of nitrogens with zero attached hydrogens (tertiary/aromatic N) is 2. The van der Waals surface area contributed by atoms with Crippen molar-refractivity contribution in [3.05, 3.63) is 28.3 Å². The molecule has 1 aliphatic heterocycles. The first-order valence-corrected chi connectivity index (χ1v) is 11.5. The maximum absolute atomic E-state index is 13.1. The zero-order chi connectivity index (χ0) is 23.6. The Bertz CT molecular complexity index is 952. The third-order valence-electron chi connectivity index (χ3n) is 4.64. The minimum atomic E-state index is -0.978. The minimum Gasteiger partial charge on any atom is -0.481 e. The molecule has 0 saturated carbocycles. The van der Waals surface area contributed by atoms with Gasteiger partial charge in [0.25, 0.3) is 0 Å². The van der Waals surface area contributed by atoms with Crippen molar-refractivity contribution in [2.75, 3.05) is 25.5 Å². The van der Waals surface area contributed by atoms with E-state index < -0.39 is 17.2 Å². The van der Waals surface area contributed by atoms with E-state index in [4.69, 9.17) is 20.4 Å². The average Bonchev–Trinajstić information content (AvgIpc) is 3.18. The molecule has 0 radical (unpaired) electrons. The summed E-state index contributed by atoms with van der Waals surface area (Å²) in [5.74, 6) is 3.18. The lowest BCUT2D eigenvalue weighted by atomic mass is 10.0. The number of quaternary nitrogens is 1. The number of ether oxygens (including phenoxy) is 1. The Kier molecular flexibility index (Phi) is 9.81. The van der Waals surface area contributed by atoms with Crippen molar-refractivity contribution < 1.29 is 24.5 Å². The second-order valence-electron chi connectivity index (χ2n) is 7.52. The fraction of sp³-hybridized carbons (Fsp3) is 0.545. The quantitative estimate of drug-likeness (QED) is 0.209. The molecule has 9 nitrogen and oxygen atoms in total. The van der Waals surface area contributed by atoms with Gasteiger partial charge >= 0.3 is 5.63 Å². The van der Waals surface area contributed by atoms with Crippen LogP contribution in [-0.2, 0) is 9.63 Å². The van der Waals surface area contributed by atoms with Crippen molar-refractivity contribution in [2.45, 2.75) is 51.6 Å². The summed E-state index contributed by atoms with van der Waals surface area (Å²) in [7, 11) is 0. The number of carbonyl (C=O) groups is 1. The van der Waals surface area contributed by atoms with E-state index in [-0.39, 0.29) is 12.5 Å². The van der Waals surface area contributed by atoms with E-state index in [1.54, 1.807) is 19.9 Å². The van der Waals surface area contributed by atoms with Gasteiger partial charge in [0.15, 0.2) is 0 Å². The van der Waals surface area contributed by atoms with Gasteiger partial charge in [-0.05, 0) is 20.3 Å². The highest BCUT2D eigenvalue weighted by atomic mass is 32.2. The molecule has 0 spiro atoms. The zero-order valence-corrected chi connectivity index (χ0v) is 19.6. The first-order chi connectivity index (χ1) is 15.3. The molecule has 0 aliphatic carbocycles. The van der Waals surface area contributed by atoms with E-state index in [9.17, 15) is 9.59 Å². The Labute approximate surface area is 192 Å². The van der Waals surface area contributed by atoms with E-state index in [1.165, 1.54) is 17.8 Å². The first-order valence-electron chi connectivity index (χ1n) is 10.5. The standard InChI is InChI=1S/C22H30N4O5S/c1-5-8-17(18-12-16(29-10-6-2)13-19(27)31-18)24-21(28)22(4)14-32-20(25-22)15(3)26-30-11-7-9-23/h2,12-13,17H,5,7-11,14,23H2,1,3-4H3,(H,24,28)/p+1/b26-15+/t17-,22+/m1/s1. The summed E-state index contributed by atoms with van der Waals surface area (Å²) in [5, 5.41) is 7.73. The van der Waals surface area contributed by atoms with Gasteiger partial charge in [0.2, 0.25) is 5.91 Å². The van der Waals surface area contributed by atoms with Crippen molar-refractivity contribution in [3.8, 4) is 18.1 Å². The number of nitrogens with one attached hydrogen (secondary N) is 1. The SMILES string of the molecule is C#CCOc1cc([C@@H](CCC)NC(=O)[C@]2(C)CSC(/C(C)=N/OCCC[NH3+])=N2)oc(=O)c1. The molecule has 2 atom stereocenters. The molecule has 1 aromatic rings. The van der Waals surface area contributed by atoms with Gasteiger partial charge in [0.05, 0.1) is 18.7 Å². The van der Waals surface area contributed by atoms with Gasteiger partial charge in [-0.1, -0.05) is 24.4 Å². The molecule has 1 aromatic heterocycles. The largest absolute Gasteiger partial charge is 0.481 e. The molecule has 1 aliphatic rings. The highest BCUT2D eigenvalue weighted by Crippen LogP contribution is 2.30. The molecule has 174 valence electrons. The van der Waals surface area contributed by atoms with Gasteiger partial charge in [-0.3, -0.25) is 9.79 Å². The van der Waals surface area contributed by atoms with Gasteiger partial charge in [-0.2, -0.15) is 0 Å². The number of amides is 1. The average molecular weight is 464 g/mol. The molecule has 4 N–H and O–H groups in total. The van der Waals surface area contributed by atoms with Crippen molar-refractivity contribution in [1.29, 1.82) is 0 Å². The van der Waals surface area contributed by atoms with Crippen molar-refractivity contribution >= 4 is 28.4 Å². The summed E-state index contributed by atoms with van der Waals surface area (Å²) in [4.78, 5) is 35.0. The summed E-state index contributed by atoms with van der Waals surface area (Å²) in [6.07, 6.45) is 7.38. The molecule has 0 saturated heterocycles. The second-order valence-corrected chi connectivity index (χ2v) is 8.48. The third kappa shape index (κ3) is 7.14. The third-order valence-corrected chi connectivity index (χ3v) is 6.00. The molecule has 0 bridgehead atoms. The molecule has 10 heteroatoms. The van der Waals surface area contributed by atoms with E-state index in [0.29, 0.717) is 41.0 Å². The molecule has 2 rings (SSSR count). The predicted molar refractivity (Wildman–Crippen MR) is 125 cm³/mol. The fourth-order valence-electron chi connectivity index (χ4n) is 2.89. The summed E-state index contributed by atoms with van der Waals surface area (Å²) < 4.78 is 10.7. The molecular formula is C22H31N4O5S+. The van der Waals surface area contributed by atoms with Crippen LogP contribution in [0.25, 0.3) is 0 Å². The topological polar surface area (TPSA) is 130 Å². The van der Waals surface area contributed by atoms with Gasteiger partial charge in [0.1, 0.15) is 41.0 Å². The van der Waals surface area contributed by atoms with E-state index >= 15 is 0 Å². The maximum Gasteiger partial charge on any atom is 0.339 e. The van der Waals surface area contributed by atoms with Crippen LogP contribution in [0.15, 0.2) is 31.5 Å². The number of hydrogen-bond donors (Lipinski definition) is 2. The molecule has 0 aromatic carbocycles. The Hall–Kier alpha value is -2.77. The highest BCUT2D eigenvalue weighted by molar-refractivity contribution is 8.16. The number of aliphatic imine (C=N–C) groups is 1. The smallest absolute Gasteiger partial charge is 0.339 e. The Morgan fingerprint density at radius 3 is 3.00 bits per heavy atom. The Morgan fingerprint density at radius 2 is 2.31 bits per heavy atom. The van der Waals surface area contributed by atoms with Crippen LogP contribution in [0.2, 0.25) is 0 Å². The summed E-state index contributed by atoms with van der Waals surface area (Å²) >= 11 is 1.45. The lowest BCUT2D eigenvalue weighted by molar-refractivity contribution is -0.369. The Balaban J connectivity index is 2.16. The number of rotatable bonds is 12. The first kappa shape index (κ1) is 25.5. The van der Waals surface area contributed by atoms with Crippen molar-refractivity contribution in [2.24, 2.45) is 10.1 Å². The van der Waals surface area contributed by atoms with Crippen molar-refractivity contribution in [3.63, 3.8) is 0 Å². The molecule has 1 amide bonds. The summed E-state index contributed by atoms with van der Waals surface area (Å²) in [5.41, 5.74) is 2.84. The van der Waals surface area contributed by atoms with Crippen LogP contribution in [0.1, 0.15) is 51.8 Å². The lowest BCUT2D eigenvalue weighted by Crippen LogP contribution is -2.50. The highest BCUT2D eigenvalue weighted by Gasteiger charge is 2.40. The monoisotopic (exact) mass is 463 g/mol. The van der Waals surface area contributed by atoms with Crippen LogP contribution in [0.5, 0.6) is 5.75 Å². The minimum absolute atomic E-state index is 0.0282. The van der Waals surface area contributed by atoms with E-state index in [0.717, 1.165) is 19.4 Å². The van der Waals surface area contributed by atoms with Crippen LogP contribution in [-0.4, -0.2) is 47.7 Å². The molecule has 32 heavy (non-hydrogen) atoms. The van der Waals surface area contributed by atoms with Gasteiger partial charge in [0, 0.05) is 18.2 Å². The molecule has 2 heterocycles. The van der Waals surface area contributed by atoms with Crippen molar-refractivity contribution in [1.82, 2.24) is 5.32 Å². The van der Waals surface area contributed by atoms with Crippen LogP contribution < -0.4 is 21.4 Å². The summed E-state index contributed by atoms with van der Waals surface area (Å²) in [6.45, 7) is 6.85. The van der Waals surface area contributed by atoms with Gasteiger partial charge in [-0.25, -0.2) is 4.79 Å². The molecule has 0 unspecified atom stereocenters. The Morgan fingerprint density at radius 1 is 1.53 bits per heavy atom. The van der Waals surface area contributed by atoms with Crippen LogP contribution in [0.3, 0.4) is 0 Å². The second kappa shape index (κ2) is 12.3. The number of thioether (sulfide) groups is 1. The van der Waals surface area contributed by atoms with Gasteiger partial charge < -0.3 is 25.0 Å². The molecule has 0 fully saturated rings. The normalized spacial score (nSPS) is 19.1. The predicted octanol–water partition coefficient (Wildman–Crippen LogP) is 1.54. The van der Waals surface area contributed by atoms with Crippen LogP contribution >= 0.6 is 11.8 Å². The zero-order valence-electron chi connectivity index (χ0n) is 18.8. The number of oxime groups is 1. The van der Waals surface area contributed by atoms with E-state index in [1.807, 2.05) is 6.92 Å². The van der Waals surface area contributed by atoms with E-state index in [2.05, 4.69) is 27.1 Å². The lowest BCUT2D eigenvalue weighted by Gasteiger charge is -2.24. The maximum atomic E-state index is 13.1.